The molecule has 0 saturated heterocycles. The van der Waals surface area contributed by atoms with E-state index in [-0.39, 0.29) is 24.9 Å². The third-order valence-electron chi connectivity index (χ3n) is 3.18. The topological polar surface area (TPSA) is 55.8 Å². The van der Waals surface area contributed by atoms with Crippen molar-refractivity contribution in [2.24, 2.45) is 0 Å². The molecule has 0 N–H and O–H groups in total. The van der Waals surface area contributed by atoms with Gasteiger partial charge in [0.05, 0.1) is 26.7 Å². The molecule has 0 amide bonds. The van der Waals surface area contributed by atoms with Crippen LogP contribution in [0.2, 0.25) is 0 Å². The summed E-state index contributed by atoms with van der Waals surface area (Å²) < 4.78 is 9.68. The van der Waals surface area contributed by atoms with Gasteiger partial charge in [-0.1, -0.05) is 31.2 Å². The molecule has 5 nitrogen and oxygen atoms in total. The predicted octanol–water partition coefficient (Wildman–Crippen LogP) is 1.79. The number of esters is 2. The van der Waals surface area contributed by atoms with Crippen molar-refractivity contribution in [3.63, 3.8) is 0 Å². The van der Waals surface area contributed by atoms with Crippen LogP contribution in [0.15, 0.2) is 24.3 Å². The average Bonchev–Trinajstić information content (AvgIpc) is 2.48. The summed E-state index contributed by atoms with van der Waals surface area (Å²) in [7, 11) is 1.38. The summed E-state index contributed by atoms with van der Waals surface area (Å²) in [6, 6.07) is 7.69. The van der Waals surface area contributed by atoms with E-state index in [1.807, 2.05) is 36.1 Å². The van der Waals surface area contributed by atoms with Gasteiger partial charge >= 0.3 is 11.9 Å². The molecule has 116 valence electrons. The smallest absolute Gasteiger partial charge is 0.320 e. The highest BCUT2D eigenvalue weighted by molar-refractivity contribution is 5.73. The van der Waals surface area contributed by atoms with Gasteiger partial charge < -0.3 is 9.47 Å². The summed E-state index contributed by atoms with van der Waals surface area (Å²) in [5, 5.41) is 0. The number of hydrogen-bond donors (Lipinski definition) is 0. The maximum atomic E-state index is 11.6. The van der Waals surface area contributed by atoms with Crippen LogP contribution >= 0.6 is 0 Å². The normalized spacial score (nSPS) is 10.5. The van der Waals surface area contributed by atoms with Crippen LogP contribution in [0.1, 0.15) is 25.0 Å². The first kappa shape index (κ1) is 17.2. The number of nitrogens with zero attached hydrogens (tertiary/aromatic N) is 1. The Labute approximate surface area is 125 Å². The Morgan fingerprint density at radius 2 is 1.76 bits per heavy atom. The lowest BCUT2D eigenvalue weighted by Gasteiger charge is -2.20. The van der Waals surface area contributed by atoms with Crippen molar-refractivity contribution in [3.8, 4) is 0 Å². The molecule has 0 radical (unpaired) electrons. The van der Waals surface area contributed by atoms with Gasteiger partial charge in [0.15, 0.2) is 0 Å². The number of likely N-dealkylation sites (N-methyl/N-ethyl adjacent to an activating group) is 1. The van der Waals surface area contributed by atoms with E-state index in [0.29, 0.717) is 13.2 Å². The lowest BCUT2D eigenvalue weighted by atomic mass is 10.0. The molecular formula is C16H23NO4. The highest BCUT2D eigenvalue weighted by Crippen LogP contribution is 2.13. The second-order valence-electron chi connectivity index (χ2n) is 4.63. The Morgan fingerprint density at radius 3 is 2.33 bits per heavy atom. The summed E-state index contributed by atoms with van der Waals surface area (Å²) in [6.45, 7) is 5.74. The van der Waals surface area contributed by atoms with Crippen LogP contribution in [0.4, 0.5) is 0 Å². The van der Waals surface area contributed by atoms with Crippen molar-refractivity contribution in [1.82, 2.24) is 4.90 Å². The van der Waals surface area contributed by atoms with Crippen molar-refractivity contribution in [3.05, 3.63) is 35.4 Å². The fourth-order valence-corrected chi connectivity index (χ4v) is 2.02. The summed E-state index contributed by atoms with van der Waals surface area (Å²) >= 11 is 0. The molecule has 0 aromatic heterocycles. The van der Waals surface area contributed by atoms with E-state index >= 15 is 0 Å². The summed E-state index contributed by atoms with van der Waals surface area (Å²) in [5.41, 5.74) is 1.95. The van der Waals surface area contributed by atoms with Gasteiger partial charge in [0.2, 0.25) is 0 Å². The minimum atomic E-state index is -0.268. The van der Waals surface area contributed by atoms with Gasteiger partial charge in [-0.3, -0.25) is 14.5 Å². The van der Waals surface area contributed by atoms with Crippen molar-refractivity contribution in [2.75, 3.05) is 26.8 Å². The van der Waals surface area contributed by atoms with E-state index in [1.54, 1.807) is 6.92 Å². The lowest BCUT2D eigenvalue weighted by molar-refractivity contribution is -0.144. The zero-order valence-corrected chi connectivity index (χ0v) is 12.9. The second-order valence-corrected chi connectivity index (χ2v) is 4.63. The molecule has 0 unspecified atom stereocenters. The summed E-state index contributed by atoms with van der Waals surface area (Å²) in [5.74, 6) is -0.499. The Balaban J connectivity index is 2.75. The van der Waals surface area contributed by atoms with Crippen LogP contribution in [0.3, 0.4) is 0 Å². The maximum Gasteiger partial charge on any atom is 0.320 e. The molecule has 0 bridgehead atoms. The molecule has 0 aliphatic rings. The highest BCUT2D eigenvalue weighted by atomic mass is 16.5. The van der Waals surface area contributed by atoms with Crippen molar-refractivity contribution in [1.29, 1.82) is 0 Å². The molecule has 0 saturated carbocycles. The number of carbonyl (C=O) groups is 2. The fraction of sp³-hybridized carbons (Fsp3) is 0.500. The van der Waals surface area contributed by atoms with Crippen LogP contribution in [0, 0.1) is 0 Å². The van der Waals surface area contributed by atoms with Gasteiger partial charge in [0.1, 0.15) is 0 Å². The molecule has 1 aromatic rings. The summed E-state index contributed by atoms with van der Waals surface area (Å²) in [6.07, 6.45) is 0.240. The van der Waals surface area contributed by atoms with E-state index < -0.39 is 0 Å². The first-order chi connectivity index (χ1) is 10.1. The minimum Gasteiger partial charge on any atom is -0.469 e. The second kappa shape index (κ2) is 9.13. The van der Waals surface area contributed by atoms with E-state index in [4.69, 9.17) is 9.47 Å². The predicted molar refractivity (Wildman–Crippen MR) is 79.7 cm³/mol. The molecule has 0 atom stereocenters. The molecule has 5 heteroatoms. The van der Waals surface area contributed by atoms with Gasteiger partial charge in [-0.15, -0.1) is 0 Å². The zero-order valence-electron chi connectivity index (χ0n) is 12.9. The van der Waals surface area contributed by atoms with Crippen LogP contribution in [0.5, 0.6) is 0 Å². The number of carbonyl (C=O) groups excluding carboxylic acids is 2. The zero-order chi connectivity index (χ0) is 15.7. The average molecular weight is 293 g/mol. The highest BCUT2D eigenvalue weighted by Gasteiger charge is 2.13. The van der Waals surface area contributed by atoms with Gasteiger partial charge in [-0.2, -0.15) is 0 Å². The van der Waals surface area contributed by atoms with Gasteiger partial charge in [0, 0.05) is 6.54 Å². The molecule has 0 heterocycles. The maximum absolute atomic E-state index is 11.6. The van der Waals surface area contributed by atoms with Crippen LogP contribution in [0.25, 0.3) is 0 Å². The number of hydrogen-bond acceptors (Lipinski definition) is 5. The molecule has 1 rings (SSSR count). The van der Waals surface area contributed by atoms with E-state index in [9.17, 15) is 9.59 Å². The van der Waals surface area contributed by atoms with Crippen molar-refractivity contribution in [2.45, 2.75) is 26.8 Å². The van der Waals surface area contributed by atoms with Crippen molar-refractivity contribution < 1.29 is 19.1 Å². The third-order valence-corrected chi connectivity index (χ3v) is 3.18. The SMILES string of the molecule is CCOC(=O)CN(CC)Cc1ccccc1CC(=O)OC. The molecular weight excluding hydrogens is 270 g/mol. The van der Waals surface area contributed by atoms with Crippen LogP contribution < -0.4 is 0 Å². The Kier molecular flexibility index (Phi) is 7.46. The number of methoxy groups -OCH3 is 1. The Hall–Kier alpha value is -1.88. The molecule has 0 fully saturated rings. The van der Waals surface area contributed by atoms with Gasteiger partial charge in [-0.05, 0) is 24.6 Å². The van der Waals surface area contributed by atoms with Crippen LogP contribution in [-0.2, 0) is 32.0 Å². The van der Waals surface area contributed by atoms with E-state index in [2.05, 4.69) is 0 Å². The largest absolute Gasteiger partial charge is 0.469 e. The van der Waals surface area contributed by atoms with Gasteiger partial charge in [0.25, 0.3) is 0 Å². The Morgan fingerprint density at radius 1 is 1.10 bits per heavy atom. The molecule has 0 aliphatic heterocycles. The fourth-order valence-electron chi connectivity index (χ4n) is 2.02. The van der Waals surface area contributed by atoms with E-state index in [1.165, 1.54) is 7.11 Å². The minimum absolute atomic E-state index is 0.232. The molecule has 0 aliphatic carbocycles. The quantitative estimate of drug-likeness (QED) is 0.684. The molecule has 1 aromatic carbocycles. The number of benzene rings is 1. The van der Waals surface area contributed by atoms with Crippen molar-refractivity contribution >= 4 is 11.9 Å². The number of ether oxygens (including phenoxy) is 2. The first-order valence-electron chi connectivity index (χ1n) is 7.12. The van der Waals surface area contributed by atoms with E-state index in [0.717, 1.165) is 17.7 Å². The summed E-state index contributed by atoms with van der Waals surface area (Å²) in [4.78, 5) is 25.0. The molecule has 0 spiro atoms. The lowest BCUT2D eigenvalue weighted by Crippen LogP contribution is -2.31. The Bertz CT molecular complexity index is 473. The van der Waals surface area contributed by atoms with Crippen LogP contribution in [-0.4, -0.2) is 43.6 Å². The number of rotatable bonds is 8. The first-order valence-corrected chi connectivity index (χ1v) is 7.12. The molecule has 21 heavy (non-hydrogen) atoms. The van der Waals surface area contributed by atoms with Gasteiger partial charge in [-0.25, -0.2) is 0 Å². The third kappa shape index (κ3) is 5.95. The monoisotopic (exact) mass is 293 g/mol. The standard InChI is InChI=1S/C16H23NO4/c1-4-17(12-16(19)21-5-2)11-14-9-7-6-8-13(14)10-15(18)20-3/h6-9H,4-5,10-12H2,1-3H3.